The molecule has 0 aliphatic carbocycles. The van der Waals surface area contributed by atoms with Gasteiger partial charge < -0.3 is 39.7 Å². The number of piperidine rings is 1. The van der Waals surface area contributed by atoms with Crippen LogP contribution in [0.15, 0.2) is 42.6 Å². The molecule has 3 fully saturated rings. The zero-order valence-corrected chi connectivity index (χ0v) is 32.0. The molecule has 308 valence electrons. The molecule has 3 amide bonds. The number of phenols is 1. The molecule has 0 spiro atoms. The summed E-state index contributed by atoms with van der Waals surface area (Å²) >= 11 is 6.52. The van der Waals surface area contributed by atoms with Crippen LogP contribution in [0.3, 0.4) is 0 Å². The number of rotatable bonds is 10. The lowest BCUT2D eigenvalue weighted by atomic mass is 9.90. The van der Waals surface area contributed by atoms with E-state index in [1.807, 2.05) is 5.10 Å². The predicted molar refractivity (Wildman–Crippen MR) is 201 cm³/mol. The number of aromatic amines is 1. The number of H-pyrrole nitrogens is 1. The number of nitrogens with one attached hydrogen (secondary N) is 3. The molecule has 0 atom stereocenters. The number of carboxylic acid groups (broad SMARTS) is 1. The number of carbonyl (C=O) groups excluding carboxylic acids is 3. The van der Waals surface area contributed by atoms with E-state index in [1.165, 1.54) is 25.2 Å². The van der Waals surface area contributed by atoms with Gasteiger partial charge in [-0.05, 0) is 30.3 Å². The highest BCUT2D eigenvalue weighted by Crippen LogP contribution is 2.42. The van der Waals surface area contributed by atoms with E-state index in [2.05, 4.69) is 20.7 Å². The maximum absolute atomic E-state index is 14.8. The minimum atomic E-state index is -4.94. The first-order valence-electron chi connectivity index (χ1n) is 18.7. The molecule has 20 heteroatoms. The number of likely N-dealkylation sites (tertiary alicyclic amines) is 1. The van der Waals surface area contributed by atoms with E-state index in [0.717, 1.165) is 48.6 Å². The molecular weight excluding hydrogens is 790 g/mol. The monoisotopic (exact) mass is 830 g/mol. The molecule has 3 aliphatic heterocycles. The van der Waals surface area contributed by atoms with Gasteiger partial charge in [-0.2, -0.15) is 18.3 Å². The summed E-state index contributed by atoms with van der Waals surface area (Å²) in [6, 6.07) is 7.15. The van der Waals surface area contributed by atoms with Crippen molar-refractivity contribution < 1.29 is 51.4 Å². The number of aromatic nitrogens is 4. The lowest BCUT2D eigenvalue weighted by Gasteiger charge is -2.46. The smallest absolute Gasteiger partial charge is 0.433 e. The Morgan fingerprint density at radius 1 is 1.02 bits per heavy atom. The third kappa shape index (κ3) is 8.23. The number of carbonyl (C=O) groups is 4. The summed E-state index contributed by atoms with van der Waals surface area (Å²) in [4.78, 5) is 59.4. The molecule has 0 saturated carbocycles. The van der Waals surface area contributed by atoms with Gasteiger partial charge in [0.15, 0.2) is 12.4 Å². The third-order valence-electron chi connectivity index (χ3n) is 11.3. The summed E-state index contributed by atoms with van der Waals surface area (Å²) in [6.07, 6.45) is -2.70. The van der Waals surface area contributed by atoms with Crippen molar-refractivity contribution in [3.8, 4) is 28.3 Å². The van der Waals surface area contributed by atoms with Gasteiger partial charge in [-0.3, -0.25) is 19.5 Å². The second kappa shape index (κ2) is 16.0. The number of aromatic hydroxyl groups is 1. The number of amides is 3. The van der Waals surface area contributed by atoms with E-state index in [0.29, 0.717) is 49.4 Å². The Bertz CT molecular complexity index is 2240. The number of halogens is 5. The topological polar surface area (TPSA) is 186 Å². The predicted octanol–water partition coefficient (Wildman–Crippen LogP) is 4.06. The second-order valence-corrected chi connectivity index (χ2v) is 15.5. The van der Waals surface area contributed by atoms with Gasteiger partial charge in [-0.15, -0.1) is 0 Å². The average Bonchev–Trinajstić information content (AvgIpc) is 3.76. The standard InChI is InChI=1S/C38H40ClF4N9O6/c1-49-29(31-32(47-48-33(31)38(41,42)43)26-5-3-24(53)15-28(26)40)18-45-34(49)35(56)46-23-2-4-25(27(39)14-23)37(58)51-10-8-50(9-11-51)36(57)22-6-12-52(13-7-22,20-30(54)55)19-21-16-44-17-21/h2-5,14-15,18,21-22,44H,6-13,16-17,19-20H2,1H3,(H3-,45,46,47,48,53,54,55,56,58)/p+1. The quantitative estimate of drug-likeness (QED) is 0.116. The maximum atomic E-state index is 14.8. The van der Waals surface area contributed by atoms with Crippen molar-refractivity contribution >= 4 is 41.0 Å². The van der Waals surface area contributed by atoms with Crippen LogP contribution >= 0.6 is 11.6 Å². The molecule has 2 aromatic heterocycles. The van der Waals surface area contributed by atoms with Gasteiger partial charge in [0.1, 0.15) is 23.0 Å². The van der Waals surface area contributed by atoms with Crippen LogP contribution < -0.4 is 10.6 Å². The molecule has 3 saturated heterocycles. The van der Waals surface area contributed by atoms with E-state index in [-0.39, 0.29) is 70.7 Å². The molecule has 2 aromatic carbocycles. The second-order valence-electron chi connectivity index (χ2n) is 15.1. The largest absolute Gasteiger partial charge is 0.508 e. The van der Waals surface area contributed by atoms with Crippen LogP contribution in [0, 0.1) is 17.7 Å². The normalized spacial score (nSPS) is 20.1. The Morgan fingerprint density at radius 2 is 1.71 bits per heavy atom. The lowest BCUT2D eigenvalue weighted by Crippen LogP contribution is -2.62. The molecule has 5 N–H and O–H groups in total. The van der Waals surface area contributed by atoms with E-state index >= 15 is 0 Å². The summed E-state index contributed by atoms with van der Waals surface area (Å²) < 4.78 is 58.6. The van der Waals surface area contributed by atoms with Crippen LogP contribution in [-0.4, -0.2) is 133 Å². The first kappa shape index (κ1) is 40.7. The molecule has 15 nitrogen and oxygen atoms in total. The Balaban J connectivity index is 0.975. The highest BCUT2D eigenvalue weighted by atomic mass is 35.5. The first-order valence-corrected chi connectivity index (χ1v) is 19.0. The molecule has 5 heterocycles. The van der Waals surface area contributed by atoms with Gasteiger partial charge >= 0.3 is 12.1 Å². The number of alkyl halides is 3. The van der Waals surface area contributed by atoms with Crippen LogP contribution in [0.5, 0.6) is 5.75 Å². The van der Waals surface area contributed by atoms with Crippen LogP contribution in [0.25, 0.3) is 22.5 Å². The zero-order chi connectivity index (χ0) is 41.5. The molecular formula is C38H41ClF4N9O6+. The van der Waals surface area contributed by atoms with Crippen molar-refractivity contribution in [1.82, 2.24) is 34.9 Å². The average molecular weight is 831 g/mol. The van der Waals surface area contributed by atoms with Crippen molar-refractivity contribution in [2.24, 2.45) is 18.9 Å². The van der Waals surface area contributed by atoms with Crippen LogP contribution in [0.2, 0.25) is 5.02 Å². The number of hydrogen-bond donors (Lipinski definition) is 5. The minimum absolute atomic E-state index is 0.0146. The molecule has 0 bridgehead atoms. The highest BCUT2D eigenvalue weighted by molar-refractivity contribution is 6.34. The Morgan fingerprint density at radius 3 is 2.31 bits per heavy atom. The van der Waals surface area contributed by atoms with Crippen molar-refractivity contribution in [2.45, 2.75) is 19.0 Å². The Labute approximate surface area is 334 Å². The van der Waals surface area contributed by atoms with Gasteiger partial charge in [0.25, 0.3) is 11.8 Å². The molecule has 0 radical (unpaired) electrons. The fourth-order valence-corrected chi connectivity index (χ4v) is 8.39. The number of anilines is 1. The summed E-state index contributed by atoms with van der Waals surface area (Å²) in [6.45, 7) is 5.08. The van der Waals surface area contributed by atoms with Crippen molar-refractivity contribution in [3.05, 3.63) is 70.5 Å². The third-order valence-corrected chi connectivity index (χ3v) is 11.6. The zero-order valence-electron chi connectivity index (χ0n) is 31.3. The summed E-state index contributed by atoms with van der Waals surface area (Å²) in [5, 5.41) is 30.7. The van der Waals surface area contributed by atoms with Gasteiger partial charge in [0.05, 0.1) is 47.7 Å². The number of carboxylic acids is 1. The van der Waals surface area contributed by atoms with E-state index < -0.39 is 46.6 Å². The Hall–Kier alpha value is -5.53. The van der Waals surface area contributed by atoms with Crippen LogP contribution in [0.4, 0.5) is 23.2 Å². The van der Waals surface area contributed by atoms with Crippen LogP contribution in [0.1, 0.15) is 39.5 Å². The number of piperazine rings is 1. The number of nitrogens with zero attached hydrogens (tertiary/aromatic N) is 6. The fraction of sp³-hybridized carbons (Fsp3) is 0.421. The Kier molecular flexibility index (Phi) is 11.2. The fourth-order valence-electron chi connectivity index (χ4n) is 8.13. The highest BCUT2D eigenvalue weighted by Gasteiger charge is 2.43. The number of imidazole rings is 1. The number of aliphatic carboxylic acids is 1. The summed E-state index contributed by atoms with van der Waals surface area (Å²) in [7, 11) is 1.31. The summed E-state index contributed by atoms with van der Waals surface area (Å²) in [5.74, 6) is -3.53. The molecule has 7 rings (SSSR count). The number of hydrogen-bond acceptors (Lipinski definition) is 8. The maximum Gasteiger partial charge on any atom is 0.433 e. The van der Waals surface area contributed by atoms with Crippen molar-refractivity contribution in [3.63, 3.8) is 0 Å². The number of quaternary nitrogens is 1. The number of benzene rings is 2. The molecule has 3 aliphatic rings. The minimum Gasteiger partial charge on any atom is -0.508 e. The van der Waals surface area contributed by atoms with E-state index in [4.69, 9.17) is 11.6 Å². The van der Waals surface area contributed by atoms with Gasteiger partial charge in [0, 0.05) is 88.3 Å². The summed E-state index contributed by atoms with van der Waals surface area (Å²) in [5.41, 5.74) is -2.48. The van der Waals surface area contributed by atoms with E-state index in [9.17, 15) is 47.0 Å². The molecule has 0 unspecified atom stereocenters. The SMILES string of the molecule is Cn1c(-c2c(-c3ccc(O)cc3F)n[nH]c2C(F)(F)F)cnc1C(=O)Nc1ccc(C(=O)N2CCN(C(=O)C3CC[N+](CC(=O)O)(CC4CNC4)CC3)CC2)c(Cl)c1. The number of phenolic OH excluding ortho intramolecular Hbond substituents is 1. The first-order chi connectivity index (χ1) is 27.5. The van der Waals surface area contributed by atoms with Crippen molar-refractivity contribution in [1.29, 1.82) is 0 Å². The molecule has 58 heavy (non-hydrogen) atoms. The van der Waals surface area contributed by atoms with Crippen molar-refractivity contribution in [2.75, 3.05) is 70.8 Å². The van der Waals surface area contributed by atoms with Gasteiger partial charge in [0.2, 0.25) is 5.91 Å². The van der Waals surface area contributed by atoms with Crippen LogP contribution in [-0.2, 0) is 22.8 Å². The lowest BCUT2D eigenvalue weighted by molar-refractivity contribution is -0.929. The van der Waals surface area contributed by atoms with E-state index in [1.54, 1.807) is 9.80 Å². The van der Waals surface area contributed by atoms with Gasteiger partial charge in [-0.1, -0.05) is 11.6 Å². The van der Waals surface area contributed by atoms with Gasteiger partial charge in [-0.25, -0.2) is 14.2 Å². The molecule has 4 aromatic rings.